The molecule has 11 heteroatoms. The minimum absolute atomic E-state index is 0.157. The van der Waals surface area contributed by atoms with E-state index < -0.39 is 20.0 Å². The maximum atomic E-state index is 13.4. The van der Waals surface area contributed by atoms with Crippen molar-refractivity contribution in [2.24, 2.45) is 0 Å². The van der Waals surface area contributed by atoms with Crippen LogP contribution in [0.4, 0.5) is 0 Å². The fourth-order valence-electron chi connectivity index (χ4n) is 3.98. The van der Waals surface area contributed by atoms with E-state index >= 15 is 0 Å². The molecule has 1 aliphatic heterocycles. The van der Waals surface area contributed by atoms with Crippen LogP contribution < -0.4 is 5.26 Å². The third kappa shape index (κ3) is 4.39. The predicted octanol–water partition coefficient (Wildman–Crippen LogP) is 3.97. The Morgan fingerprint density at radius 2 is 1.14 bits per heavy atom. The Hall–Kier alpha value is -3.03. The van der Waals surface area contributed by atoms with E-state index in [-0.39, 0.29) is 14.7 Å². The van der Waals surface area contributed by atoms with Crippen LogP contribution in [0.15, 0.2) is 105 Å². The first-order valence-corrected chi connectivity index (χ1v) is 13.7. The van der Waals surface area contributed by atoms with Gasteiger partial charge in [-0.1, -0.05) is 48.5 Å². The number of hydrogen-bond acceptors (Lipinski definition) is 9. The summed E-state index contributed by atoms with van der Waals surface area (Å²) in [6, 6.07) is 22.5. The van der Waals surface area contributed by atoms with Crippen molar-refractivity contribution in [2.75, 3.05) is 0 Å². The van der Waals surface area contributed by atoms with Crippen molar-refractivity contribution in [3.8, 4) is 33.4 Å². The predicted molar refractivity (Wildman–Crippen MR) is 124 cm³/mol. The molecular weight excluding hydrogens is 512 g/mol. The molecule has 1 heterocycles. The van der Waals surface area contributed by atoms with Crippen LogP contribution in [0.3, 0.4) is 0 Å². The first kappa shape index (κ1) is 23.7. The molecule has 0 bridgehead atoms. The van der Waals surface area contributed by atoms with Crippen molar-refractivity contribution < 1.29 is 36.0 Å². The summed E-state index contributed by atoms with van der Waals surface area (Å²) in [5.41, 5.74) is 3.81. The Kier molecular flexibility index (Phi) is 6.01. The highest BCUT2D eigenvalue weighted by atomic mass is 32.2. The summed E-state index contributed by atoms with van der Waals surface area (Å²) in [7, 11) is -8.37. The summed E-state index contributed by atoms with van der Waals surface area (Å²) in [4.78, 5) is 0.632. The lowest BCUT2D eigenvalue weighted by Gasteiger charge is -2.09. The lowest BCUT2D eigenvalue weighted by Crippen LogP contribution is -2.00. The Morgan fingerprint density at radius 1 is 0.686 bits per heavy atom. The number of rotatable bonds is 6. The molecule has 4 aromatic rings. The quantitative estimate of drug-likeness (QED) is 0.139. The van der Waals surface area contributed by atoms with Crippen LogP contribution in [-0.2, 0) is 29.3 Å². The van der Waals surface area contributed by atoms with Crippen LogP contribution >= 0.6 is 12.0 Å². The smallest absolute Gasteiger partial charge is 0.207 e. The van der Waals surface area contributed by atoms with Gasteiger partial charge in [-0.3, -0.25) is 5.04 Å². The third-order valence-corrected chi connectivity index (χ3v) is 8.93. The summed E-state index contributed by atoms with van der Waals surface area (Å²) >= 11 is 0.761. The summed E-state index contributed by atoms with van der Waals surface area (Å²) in [5.74, 6) is 0. The molecule has 0 aliphatic carbocycles. The topological polar surface area (TPSA) is 133 Å². The summed E-state index contributed by atoms with van der Waals surface area (Å²) in [5, 5.41) is 13.3. The van der Waals surface area contributed by atoms with Crippen LogP contribution in [0.5, 0.6) is 0 Å². The fraction of sp³-hybridized carbons (Fsp3) is 0. The molecule has 0 unspecified atom stereocenters. The van der Waals surface area contributed by atoms with Gasteiger partial charge in [-0.05, 0) is 58.7 Å². The van der Waals surface area contributed by atoms with Crippen molar-refractivity contribution in [3.05, 3.63) is 84.9 Å². The van der Waals surface area contributed by atoms with E-state index in [0.29, 0.717) is 32.7 Å². The van der Waals surface area contributed by atoms with Crippen LogP contribution in [0, 0.1) is 0 Å². The maximum absolute atomic E-state index is 13.4. The highest BCUT2D eigenvalue weighted by Gasteiger charge is 2.33. The van der Waals surface area contributed by atoms with Gasteiger partial charge in [0.05, 0.1) is 26.7 Å². The lowest BCUT2D eigenvalue weighted by atomic mass is 9.98. The Balaban J connectivity index is 1.50. The van der Waals surface area contributed by atoms with Crippen molar-refractivity contribution >= 4 is 32.0 Å². The van der Waals surface area contributed by atoms with Gasteiger partial charge in [0, 0.05) is 16.0 Å². The number of fused-ring (bicyclic) bond motifs is 3. The van der Waals surface area contributed by atoms with Gasteiger partial charge in [-0.15, -0.1) is 0 Å². The van der Waals surface area contributed by atoms with E-state index in [1.165, 1.54) is 24.3 Å². The number of benzene rings is 4. The highest BCUT2D eigenvalue weighted by molar-refractivity contribution is 7.94. The first-order valence-electron chi connectivity index (χ1n) is 10.0. The zero-order valence-corrected chi connectivity index (χ0v) is 20.0. The Morgan fingerprint density at radius 3 is 1.60 bits per heavy atom. The maximum Gasteiger partial charge on any atom is 0.207 e. The average Bonchev–Trinajstić information content (AvgIpc) is 3.08. The molecule has 178 valence electrons. The van der Waals surface area contributed by atoms with E-state index in [2.05, 4.69) is 9.37 Å². The number of hydrogen-bond donors (Lipinski definition) is 0. The van der Waals surface area contributed by atoms with Gasteiger partial charge in [-0.25, -0.2) is 16.8 Å². The SMILES string of the molecule is O=S(=O)([O-])c1ccc(-c2ccc3c(c2)S(=O)(=O)c2cc(-c4ccc(SOO[O-])cc4)ccc2-3)cc1. The van der Waals surface area contributed by atoms with Gasteiger partial charge in [-0.2, -0.15) is 4.33 Å². The molecule has 0 fully saturated rings. The van der Waals surface area contributed by atoms with E-state index in [1.54, 1.807) is 54.6 Å². The zero-order chi connectivity index (χ0) is 24.8. The number of sulfone groups is 1. The fourth-order valence-corrected chi connectivity index (χ4v) is 6.54. The summed E-state index contributed by atoms with van der Waals surface area (Å²) in [6.07, 6.45) is 0. The molecule has 4 aromatic carbocycles. The third-order valence-electron chi connectivity index (χ3n) is 5.65. The van der Waals surface area contributed by atoms with Gasteiger partial charge >= 0.3 is 0 Å². The molecule has 0 saturated carbocycles. The summed E-state index contributed by atoms with van der Waals surface area (Å²) < 4.78 is 64.7. The molecule has 0 aromatic heterocycles. The highest BCUT2D eigenvalue weighted by Crippen LogP contribution is 2.46. The molecule has 0 saturated heterocycles. The second-order valence-electron chi connectivity index (χ2n) is 7.65. The van der Waals surface area contributed by atoms with E-state index in [1.807, 2.05) is 6.07 Å². The lowest BCUT2D eigenvalue weighted by molar-refractivity contribution is -0.777. The minimum atomic E-state index is -4.57. The van der Waals surface area contributed by atoms with Crippen LogP contribution in [0.1, 0.15) is 0 Å². The van der Waals surface area contributed by atoms with Crippen LogP contribution in [-0.4, -0.2) is 21.4 Å². The van der Waals surface area contributed by atoms with Gasteiger partial charge in [0.1, 0.15) is 10.1 Å². The van der Waals surface area contributed by atoms with Crippen molar-refractivity contribution in [1.82, 2.24) is 0 Å². The second-order valence-corrected chi connectivity index (χ2v) is 11.7. The minimum Gasteiger partial charge on any atom is -0.744 e. The van der Waals surface area contributed by atoms with E-state index in [4.69, 9.17) is 0 Å². The van der Waals surface area contributed by atoms with E-state index in [9.17, 15) is 26.6 Å². The standard InChI is InChI=1S/C24H16O8S3/c25-31-32-33-19-7-1-15(2-8-19)17-5-11-21-22-12-6-18(14-24(22)34(26,27)23(21)13-17)16-3-9-20(10-4-16)35(28,29)30/h1-14,25H,(H,28,29,30)/p-2. The largest absolute Gasteiger partial charge is 0.744 e. The van der Waals surface area contributed by atoms with Crippen LogP contribution in [0.25, 0.3) is 33.4 Å². The first-order chi connectivity index (χ1) is 16.7. The van der Waals surface area contributed by atoms with Gasteiger partial charge in [0.2, 0.25) is 9.84 Å². The Labute approximate surface area is 205 Å². The molecule has 0 amide bonds. The van der Waals surface area contributed by atoms with Gasteiger partial charge in [0.25, 0.3) is 0 Å². The average molecular weight is 527 g/mol. The molecule has 0 radical (unpaired) electrons. The normalized spacial score (nSPS) is 13.9. The monoisotopic (exact) mass is 526 g/mol. The molecule has 0 atom stereocenters. The summed E-state index contributed by atoms with van der Waals surface area (Å²) in [6.45, 7) is 0. The molecule has 0 spiro atoms. The molecule has 5 rings (SSSR count). The van der Waals surface area contributed by atoms with Gasteiger partial charge < -0.3 is 9.81 Å². The molecule has 0 N–H and O–H groups in total. The molecule has 8 nitrogen and oxygen atoms in total. The van der Waals surface area contributed by atoms with Crippen molar-refractivity contribution in [3.63, 3.8) is 0 Å². The molecule has 1 aliphatic rings. The second kappa shape index (κ2) is 8.88. The van der Waals surface area contributed by atoms with E-state index in [0.717, 1.165) is 17.6 Å². The zero-order valence-electron chi connectivity index (χ0n) is 17.6. The van der Waals surface area contributed by atoms with Crippen molar-refractivity contribution in [1.29, 1.82) is 0 Å². The molecule has 35 heavy (non-hydrogen) atoms. The van der Waals surface area contributed by atoms with Gasteiger partial charge in [0.15, 0.2) is 0 Å². The Bertz CT molecular complexity index is 1640. The van der Waals surface area contributed by atoms with Crippen molar-refractivity contribution in [2.45, 2.75) is 19.6 Å². The van der Waals surface area contributed by atoms with Crippen LogP contribution in [0.2, 0.25) is 0 Å². The molecular formula is C24H14O8S3-2.